The van der Waals surface area contributed by atoms with E-state index in [1.54, 1.807) is 18.4 Å². The van der Waals surface area contributed by atoms with Gasteiger partial charge in [0.15, 0.2) is 0 Å². The Bertz CT molecular complexity index is 235. The Morgan fingerprint density at radius 1 is 1.57 bits per heavy atom. The van der Waals surface area contributed by atoms with Crippen molar-refractivity contribution in [3.8, 4) is 0 Å². The molecule has 0 aliphatic heterocycles. The molecule has 0 saturated carbocycles. The van der Waals surface area contributed by atoms with Crippen molar-refractivity contribution in [3.05, 3.63) is 22.4 Å². The van der Waals surface area contributed by atoms with Gasteiger partial charge in [0.1, 0.15) is 0 Å². The van der Waals surface area contributed by atoms with E-state index in [0.717, 1.165) is 13.0 Å². The van der Waals surface area contributed by atoms with E-state index in [0.29, 0.717) is 12.1 Å². The third-order valence-corrected chi connectivity index (χ3v) is 3.09. The summed E-state index contributed by atoms with van der Waals surface area (Å²) in [5.41, 5.74) is 1.37. The Morgan fingerprint density at radius 2 is 2.36 bits per heavy atom. The molecule has 2 atom stereocenters. The summed E-state index contributed by atoms with van der Waals surface area (Å²) in [6.07, 6.45) is 1.10. The van der Waals surface area contributed by atoms with Crippen molar-refractivity contribution in [1.82, 2.24) is 5.32 Å². The maximum atomic E-state index is 5.15. The van der Waals surface area contributed by atoms with Crippen molar-refractivity contribution in [1.29, 1.82) is 0 Å². The molecule has 0 fully saturated rings. The van der Waals surface area contributed by atoms with Gasteiger partial charge in [0.25, 0.3) is 0 Å². The van der Waals surface area contributed by atoms with Crippen LogP contribution in [0.25, 0.3) is 0 Å². The van der Waals surface area contributed by atoms with E-state index >= 15 is 0 Å². The van der Waals surface area contributed by atoms with Crippen LogP contribution in [0.2, 0.25) is 0 Å². The molecule has 14 heavy (non-hydrogen) atoms. The lowest BCUT2D eigenvalue weighted by molar-refractivity contribution is 0.159. The average Bonchev–Trinajstić information content (AvgIpc) is 2.69. The van der Waals surface area contributed by atoms with Gasteiger partial charge in [0, 0.05) is 19.2 Å². The standard InChI is InChI=1S/C11H19NOS/c1-4-11(7-13-3)12-9(2)10-5-6-14-8-10/h5-6,8-9,11-12H,4,7H2,1-3H3. The lowest BCUT2D eigenvalue weighted by Gasteiger charge is -2.21. The van der Waals surface area contributed by atoms with Gasteiger partial charge in [-0.1, -0.05) is 6.92 Å². The van der Waals surface area contributed by atoms with Crippen LogP contribution in [-0.4, -0.2) is 19.8 Å². The summed E-state index contributed by atoms with van der Waals surface area (Å²) in [6, 6.07) is 3.04. The second-order valence-corrected chi connectivity index (χ2v) is 4.29. The van der Waals surface area contributed by atoms with Crippen LogP contribution in [-0.2, 0) is 4.74 Å². The Balaban J connectivity index is 2.42. The maximum Gasteiger partial charge on any atom is 0.0615 e. The molecule has 0 spiro atoms. The lowest BCUT2D eigenvalue weighted by atomic mass is 10.1. The predicted molar refractivity (Wildman–Crippen MR) is 61.8 cm³/mol. The molecule has 3 heteroatoms. The van der Waals surface area contributed by atoms with Crippen LogP contribution in [0, 0.1) is 0 Å². The van der Waals surface area contributed by atoms with Crippen LogP contribution in [0.3, 0.4) is 0 Å². The molecule has 2 unspecified atom stereocenters. The smallest absolute Gasteiger partial charge is 0.0615 e. The number of methoxy groups -OCH3 is 1. The van der Waals surface area contributed by atoms with Crippen LogP contribution < -0.4 is 5.32 Å². The number of thiophene rings is 1. The topological polar surface area (TPSA) is 21.3 Å². The summed E-state index contributed by atoms with van der Waals surface area (Å²) in [4.78, 5) is 0. The van der Waals surface area contributed by atoms with Crippen LogP contribution in [0.1, 0.15) is 31.9 Å². The van der Waals surface area contributed by atoms with Crippen molar-refractivity contribution in [2.45, 2.75) is 32.4 Å². The summed E-state index contributed by atoms with van der Waals surface area (Å²) in [7, 11) is 1.75. The van der Waals surface area contributed by atoms with E-state index in [-0.39, 0.29) is 0 Å². The fourth-order valence-electron chi connectivity index (χ4n) is 1.46. The molecule has 0 aliphatic carbocycles. The van der Waals surface area contributed by atoms with Crippen molar-refractivity contribution < 1.29 is 4.74 Å². The van der Waals surface area contributed by atoms with Gasteiger partial charge in [0.05, 0.1) is 6.61 Å². The van der Waals surface area contributed by atoms with E-state index in [4.69, 9.17) is 4.74 Å². The minimum atomic E-state index is 0.418. The minimum Gasteiger partial charge on any atom is -0.383 e. The third kappa shape index (κ3) is 3.40. The molecule has 1 aromatic heterocycles. The van der Waals surface area contributed by atoms with Crippen molar-refractivity contribution in [2.24, 2.45) is 0 Å². The van der Waals surface area contributed by atoms with Crippen LogP contribution in [0.5, 0.6) is 0 Å². The molecule has 0 bridgehead atoms. The molecule has 2 nitrogen and oxygen atoms in total. The fraction of sp³-hybridized carbons (Fsp3) is 0.636. The molecule has 1 rings (SSSR count). The molecule has 80 valence electrons. The number of nitrogens with one attached hydrogen (secondary N) is 1. The molecule has 1 N–H and O–H groups in total. The molecule has 0 radical (unpaired) electrons. The van der Waals surface area contributed by atoms with E-state index < -0.39 is 0 Å². The van der Waals surface area contributed by atoms with Crippen molar-refractivity contribution in [3.63, 3.8) is 0 Å². The van der Waals surface area contributed by atoms with Gasteiger partial charge in [-0.05, 0) is 35.7 Å². The van der Waals surface area contributed by atoms with Crippen molar-refractivity contribution >= 4 is 11.3 Å². The fourth-order valence-corrected chi connectivity index (χ4v) is 2.21. The second-order valence-electron chi connectivity index (χ2n) is 3.51. The Morgan fingerprint density at radius 3 is 2.86 bits per heavy atom. The SMILES string of the molecule is CCC(COC)NC(C)c1ccsc1. The molecule has 1 heterocycles. The zero-order valence-electron chi connectivity index (χ0n) is 9.12. The van der Waals surface area contributed by atoms with E-state index in [2.05, 4.69) is 36.0 Å². The largest absolute Gasteiger partial charge is 0.383 e. The number of rotatable bonds is 6. The Hall–Kier alpha value is -0.380. The van der Waals surface area contributed by atoms with E-state index in [1.807, 2.05) is 0 Å². The van der Waals surface area contributed by atoms with Gasteiger partial charge in [-0.25, -0.2) is 0 Å². The number of hydrogen-bond donors (Lipinski definition) is 1. The highest BCUT2D eigenvalue weighted by Crippen LogP contribution is 2.16. The highest BCUT2D eigenvalue weighted by Gasteiger charge is 2.11. The average molecular weight is 213 g/mol. The van der Waals surface area contributed by atoms with Gasteiger partial charge < -0.3 is 10.1 Å². The molecule has 0 amide bonds. The second kappa shape index (κ2) is 6.17. The number of ether oxygens (including phenoxy) is 1. The summed E-state index contributed by atoms with van der Waals surface area (Å²) < 4.78 is 5.15. The van der Waals surface area contributed by atoms with Crippen LogP contribution >= 0.6 is 11.3 Å². The predicted octanol–water partition coefficient (Wildman–Crippen LogP) is 2.82. The first-order valence-electron chi connectivity index (χ1n) is 5.05. The van der Waals surface area contributed by atoms with Crippen molar-refractivity contribution in [2.75, 3.05) is 13.7 Å². The molecular formula is C11H19NOS. The maximum absolute atomic E-state index is 5.15. The number of hydrogen-bond acceptors (Lipinski definition) is 3. The first-order chi connectivity index (χ1) is 6.77. The van der Waals surface area contributed by atoms with Gasteiger partial charge in [0.2, 0.25) is 0 Å². The first-order valence-corrected chi connectivity index (χ1v) is 5.99. The van der Waals surface area contributed by atoms with Gasteiger partial charge in [-0.15, -0.1) is 0 Å². The van der Waals surface area contributed by atoms with E-state index in [1.165, 1.54) is 5.56 Å². The summed E-state index contributed by atoms with van der Waals surface area (Å²) in [5, 5.41) is 7.86. The quantitative estimate of drug-likeness (QED) is 0.784. The minimum absolute atomic E-state index is 0.418. The van der Waals surface area contributed by atoms with Crippen LogP contribution in [0.4, 0.5) is 0 Å². The molecular weight excluding hydrogens is 194 g/mol. The third-order valence-electron chi connectivity index (χ3n) is 2.39. The van der Waals surface area contributed by atoms with Gasteiger partial charge >= 0.3 is 0 Å². The summed E-state index contributed by atoms with van der Waals surface area (Å²) in [6.45, 7) is 5.16. The molecule has 0 aromatic carbocycles. The zero-order valence-corrected chi connectivity index (χ0v) is 9.93. The molecule has 0 saturated heterocycles. The zero-order chi connectivity index (χ0) is 10.4. The highest BCUT2D eigenvalue weighted by atomic mass is 32.1. The van der Waals surface area contributed by atoms with Gasteiger partial charge in [-0.3, -0.25) is 0 Å². The summed E-state index contributed by atoms with van der Waals surface area (Å²) >= 11 is 1.74. The van der Waals surface area contributed by atoms with Crippen LogP contribution in [0.15, 0.2) is 16.8 Å². The first kappa shape index (κ1) is 11.7. The Kier molecular flexibility index (Phi) is 5.15. The normalized spacial score (nSPS) is 15.4. The summed E-state index contributed by atoms with van der Waals surface area (Å²) in [5.74, 6) is 0. The van der Waals surface area contributed by atoms with E-state index in [9.17, 15) is 0 Å². The molecule has 0 aliphatic rings. The Labute approximate surface area is 90.3 Å². The molecule has 1 aromatic rings. The lowest BCUT2D eigenvalue weighted by Crippen LogP contribution is -2.34. The van der Waals surface area contributed by atoms with Gasteiger partial charge in [-0.2, -0.15) is 11.3 Å². The monoisotopic (exact) mass is 213 g/mol. The highest BCUT2D eigenvalue weighted by molar-refractivity contribution is 7.07.